The molecule has 2 N–H and O–H groups in total. The van der Waals surface area contributed by atoms with Crippen LogP contribution in [0.2, 0.25) is 0 Å². The van der Waals surface area contributed by atoms with Crippen LogP contribution in [0.3, 0.4) is 0 Å². The Morgan fingerprint density at radius 3 is 2.14 bits per heavy atom. The molecule has 35 heavy (non-hydrogen) atoms. The number of Topliss-reactive ketones (excluding diaryl/α,β-unsaturated/α-hetero) is 1. The number of carbonyl (C=O) groups is 3. The van der Waals surface area contributed by atoms with Gasteiger partial charge in [0.1, 0.15) is 11.5 Å². The molecule has 3 aromatic carbocycles. The number of aryl methyl sites for hydroxylation is 1. The Hall–Kier alpha value is -4.39. The number of ketones is 1. The molecule has 0 aliphatic carbocycles. The van der Waals surface area contributed by atoms with Crippen LogP contribution in [0.5, 0.6) is 5.75 Å². The van der Waals surface area contributed by atoms with Crippen molar-refractivity contribution in [3.63, 3.8) is 0 Å². The van der Waals surface area contributed by atoms with Crippen molar-refractivity contribution >= 4 is 29.1 Å². The van der Waals surface area contributed by atoms with E-state index in [9.17, 15) is 19.5 Å². The maximum absolute atomic E-state index is 13.3. The summed E-state index contributed by atoms with van der Waals surface area (Å²) in [6, 6.07) is 19.7. The molecule has 0 saturated carbocycles. The first kappa shape index (κ1) is 23.8. The maximum Gasteiger partial charge on any atom is 0.307 e. The topological polar surface area (TPSA) is 104 Å². The number of hydrogen-bond donors (Lipinski definition) is 2. The summed E-state index contributed by atoms with van der Waals surface area (Å²) in [4.78, 5) is 39.0. The van der Waals surface area contributed by atoms with Gasteiger partial charge in [-0.15, -0.1) is 0 Å². The van der Waals surface area contributed by atoms with E-state index in [4.69, 9.17) is 9.84 Å². The van der Waals surface area contributed by atoms with Crippen molar-refractivity contribution in [3.05, 3.63) is 101 Å². The number of methoxy groups -OCH3 is 1. The number of nitrogens with zero attached hydrogens (tertiary/aromatic N) is 1. The summed E-state index contributed by atoms with van der Waals surface area (Å²) in [6.45, 7) is 2.02. The largest absolute Gasteiger partial charge is 0.507 e. The molecule has 0 aromatic heterocycles. The number of para-hydroxylation sites is 1. The van der Waals surface area contributed by atoms with E-state index in [0.717, 1.165) is 12.0 Å². The predicted octanol–water partition coefficient (Wildman–Crippen LogP) is 4.51. The van der Waals surface area contributed by atoms with Crippen LogP contribution in [-0.2, 0) is 27.2 Å². The van der Waals surface area contributed by atoms with Crippen LogP contribution in [0.15, 0.2) is 78.4 Å². The number of rotatable bonds is 7. The van der Waals surface area contributed by atoms with Gasteiger partial charge in [0.2, 0.25) is 0 Å². The highest BCUT2D eigenvalue weighted by molar-refractivity contribution is 6.51. The lowest BCUT2D eigenvalue weighted by atomic mass is 9.94. The average Bonchev–Trinajstić information content (AvgIpc) is 3.13. The van der Waals surface area contributed by atoms with E-state index in [1.165, 1.54) is 12.0 Å². The van der Waals surface area contributed by atoms with Gasteiger partial charge in [0.25, 0.3) is 11.7 Å². The zero-order valence-electron chi connectivity index (χ0n) is 19.4. The van der Waals surface area contributed by atoms with Gasteiger partial charge >= 0.3 is 5.97 Å². The van der Waals surface area contributed by atoms with E-state index in [2.05, 4.69) is 0 Å². The number of carbonyl (C=O) groups excluding carboxylic acids is 2. The van der Waals surface area contributed by atoms with Crippen LogP contribution in [0.4, 0.5) is 5.69 Å². The molecular formula is C28H25NO6. The molecule has 1 aliphatic heterocycles. The van der Waals surface area contributed by atoms with E-state index in [1.807, 2.05) is 19.1 Å². The van der Waals surface area contributed by atoms with Gasteiger partial charge in [0.05, 0.1) is 25.1 Å². The minimum atomic E-state index is -0.971. The second-order valence-electron chi connectivity index (χ2n) is 8.20. The van der Waals surface area contributed by atoms with Crippen molar-refractivity contribution in [2.45, 2.75) is 25.8 Å². The first-order valence-electron chi connectivity index (χ1n) is 11.2. The molecule has 7 heteroatoms. The fourth-order valence-electron chi connectivity index (χ4n) is 4.29. The molecule has 7 nitrogen and oxygen atoms in total. The molecule has 1 unspecified atom stereocenters. The lowest BCUT2D eigenvalue weighted by Crippen LogP contribution is -2.29. The third kappa shape index (κ3) is 4.53. The summed E-state index contributed by atoms with van der Waals surface area (Å²) in [5, 5.41) is 20.3. The van der Waals surface area contributed by atoms with Crippen LogP contribution in [0.1, 0.15) is 35.2 Å². The minimum Gasteiger partial charge on any atom is -0.507 e. The normalized spacial score (nSPS) is 17.0. The molecule has 1 heterocycles. The van der Waals surface area contributed by atoms with Gasteiger partial charge < -0.3 is 14.9 Å². The van der Waals surface area contributed by atoms with Crippen LogP contribution in [0, 0.1) is 0 Å². The molecule has 4 rings (SSSR count). The summed E-state index contributed by atoms with van der Waals surface area (Å²) in [5.41, 5.74) is 2.95. The molecule has 1 saturated heterocycles. The van der Waals surface area contributed by atoms with Crippen molar-refractivity contribution in [2.24, 2.45) is 0 Å². The smallest absolute Gasteiger partial charge is 0.307 e. The fourth-order valence-corrected chi connectivity index (χ4v) is 4.29. The van der Waals surface area contributed by atoms with Crippen molar-refractivity contribution < 1.29 is 29.3 Å². The number of ether oxygens (including phenoxy) is 1. The summed E-state index contributed by atoms with van der Waals surface area (Å²) in [5.74, 6) is -2.39. The van der Waals surface area contributed by atoms with Gasteiger partial charge in [0, 0.05) is 16.8 Å². The summed E-state index contributed by atoms with van der Waals surface area (Å²) in [7, 11) is 1.50. The molecule has 0 bridgehead atoms. The molecule has 1 aliphatic rings. The molecule has 3 aromatic rings. The van der Waals surface area contributed by atoms with Gasteiger partial charge in [-0.2, -0.15) is 0 Å². The monoisotopic (exact) mass is 471 g/mol. The first-order chi connectivity index (χ1) is 16.8. The number of benzene rings is 3. The molecule has 1 atom stereocenters. The Balaban J connectivity index is 1.90. The molecule has 178 valence electrons. The molecule has 0 radical (unpaired) electrons. The van der Waals surface area contributed by atoms with E-state index >= 15 is 0 Å². The van der Waals surface area contributed by atoms with Crippen LogP contribution >= 0.6 is 0 Å². The average molecular weight is 472 g/mol. The summed E-state index contributed by atoms with van der Waals surface area (Å²) in [6.07, 6.45) is 0.660. The Morgan fingerprint density at radius 2 is 1.54 bits per heavy atom. The number of amides is 1. The first-order valence-corrected chi connectivity index (χ1v) is 11.2. The third-order valence-corrected chi connectivity index (χ3v) is 6.08. The Labute approximate surface area is 202 Å². The fraction of sp³-hybridized carbons (Fsp3) is 0.179. The Bertz CT molecular complexity index is 1310. The number of carboxylic acids is 1. The van der Waals surface area contributed by atoms with Crippen LogP contribution < -0.4 is 9.64 Å². The van der Waals surface area contributed by atoms with Gasteiger partial charge in [-0.3, -0.25) is 19.3 Å². The number of anilines is 1. The van der Waals surface area contributed by atoms with E-state index < -0.39 is 23.7 Å². The SMILES string of the molecule is CCc1ccc(/C(O)=C2/C(=O)C(=O)N(c3ccc(CC(=O)O)cc3)C2c2ccccc2OC)cc1. The van der Waals surface area contributed by atoms with Crippen LogP contribution in [0.25, 0.3) is 5.76 Å². The van der Waals surface area contributed by atoms with Gasteiger partial charge in [-0.25, -0.2) is 0 Å². The Morgan fingerprint density at radius 1 is 0.914 bits per heavy atom. The second-order valence-corrected chi connectivity index (χ2v) is 8.20. The van der Waals surface area contributed by atoms with Crippen molar-refractivity contribution in [2.75, 3.05) is 12.0 Å². The second kappa shape index (κ2) is 9.85. The van der Waals surface area contributed by atoms with Crippen molar-refractivity contribution in [3.8, 4) is 5.75 Å². The quantitative estimate of drug-likeness (QED) is 0.299. The van der Waals surface area contributed by atoms with Crippen molar-refractivity contribution in [1.29, 1.82) is 0 Å². The van der Waals surface area contributed by atoms with E-state index in [0.29, 0.717) is 28.1 Å². The standard InChI is InChI=1S/C28H25NO6/c1-3-17-8-12-19(13-9-17)26(32)24-25(21-6-4-5-7-22(21)35-2)29(28(34)27(24)33)20-14-10-18(11-15-20)16-23(30)31/h4-15,25,32H,3,16H2,1-2H3,(H,30,31)/b26-24-. The summed E-state index contributed by atoms with van der Waals surface area (Å²) < 4.78 is 5.52. The van der Waals surface area contributed by atoms with Gasteiger partial charge in [-0.05, 0) is 35.7 Å². The van der Waals surface area contributed by atoms with E-state index in [1.54, 1.807) is 60.7 Å². The zero-order valence-corrected chi connectivity index (χ0v) is 19.4. The van der Waals surface area contributed by atoms with Gasteiger partial charge in [-0.1, -0.05) is 61.5 Å². The highest BCUT2D eigenvalue weighted by Crippen LogP contribution is 2.44. The van der Waals surface area contributed by atoms with E-state index in [-0.39, 0.29) is 17.8 Å². The molecular weight excluding hydrogens is 446 g/mol. The van der Waals surface area contributed by atoms with Crippen molar-refractivity contribution in [1.82, 2.24) is 0 Å². The summed E-state index contributed by atoms with van der Waals surface area (Å²) >= 11 is 0. The zero-order chi connectivity index (χ0) is 25.1. The predicted molar refractivity (Wildman–Crippen MR) is 131 cm³/mol. The highest BCUT2D eigenvalue weighted by Gasteiger charge is 2.47. The molecule has 0 spiro atoms. The maximum atomic E-state index is 13.3. The number of carboxylic acid groups (broad SMARTS) is 1. The number of aliphatic hydroxyl groups is 1. The van der Waals surface area contributed by atoms with Gasteiger partial charge in [0.15, 0.2) is 0 Å². The number of aliphatic carboxylic acids is 1. The lowest BCUT2D eigenvalue weighted by Gasteiger charge is -2.26. The third-order valence-electron chi connectivity index (χ3n) is 6.08. The Kier molecular flexibility index (Phi) is 6.68. The number of hydrogen-bond acceptors (Lipinski definition) is 5. The number of aliphatic hydroxyl groups excluding tert-OH is 1. The lowest BCUT2D eigenvalue weighted by molar-refractivity contribution is -0.136. The molecule has 1 fully saturated rings. The van der Waals surface area contributed by atoms with Crippen LogP contribution in [-0.4, -0.2) is 35.0 Å². The highest BCUT2D eigenvalue weighted by atomic mass is 16.5. The minimum absolute atomic E-state index is 0.0432. The molecule has 1 amide bonds.